The second kappa shape index (κ2) is 9.07. The van der Waals surface area contributed by atoms with Gasteiger partial charge in [0.1, 0.15) is 0 Å². The Bertz CT molecular complexity index is 662. The van der Waals surface area contributed by atoms with Crippen LogP contribution in [0.4, 0.5) is 0 Å². The number of hydrogen-bond donors (Lipinski definition) is 2. The fourth-order valence-corrected chi connectivity index (χ4v) is 4.15. The second-order valence-corrected chi connectivity index (χ2v) is 8.00. The van der Waals surface area contributed by atoms with Crippen molar-refractivity contribution in [3.8, 4) is 0 Å². The van der Waals surface area contributed by atoms with Gasteiger partial charge in [-0.2, -0.15) is 0 Å². The molecule has 3 rings (SSSR count). The number of benzene rings is 1. The maximum absolute atomic E-state index is 12.6. The first-order chi connectivity index (χ1) is 12.5. The van der Waals surface area contributed by atoms with Gasteiger partial charge in [-0.15, -0.1) is 0 Å². The topological polar surface area (TPSA) is 61.4 Å². The number of nitrogens with zero attached hydrogens (tertiary/aromatic N) is 1. The second-order valence-electron chi connectivity index (χ2n) is 7.15. The fourth-order valence-electron chi connectivity index (χ4n) is 3.67. The van der Waals surface area contributed by atoms with Crippen molar-refractivity contribution < 1.29 is 9.59 Å². The molecule has 2 unspecified atom stereocenters. The van der Waals surface area contributed by atoms with Crippen LogP contribution in [-0.4, -0.2) is 48.9 Å². The third-order valence-corrected chi connectivity index (χ3v) is 5.76. The Kier molecular flexibility index (Phi) is 6.79. The Morgan fingerprint density at radius 2 is 2.08 bits per heavy atom. The minimum Gasteiger partial charge on any atom is -0.354 e. The lowest BCUT2D eigenvalue weighted by Crippen LogP contribution is -2.47. The normalized spacial score (nSPS) is 23.1. The maximum atomic E-state index is 12.6. The smallest absolute Gasteiger partial charge is 0.237 e. The lowest BCUT2D eigenvalue weighted by Gasteiger charge is -2.33. The fraction of sp³-hybridized carbons (Fsp3) is 0.579. The van der Waals surface area contributed by atoms with Crippen LogP contribution in [0.25, 0.3) is 0 Å². The molecule has 142 valence electrons. The molecule has 0 radical (unpaired) electrons. The molecule has 26 heavy (non-hydrogen) atoms. The van der Waals surface area contributed by atoms with E-state index in [1.54, 1.807) is 18.2 Å². The monoisotopic (exact) mass is 397 g/mol. The molecule has 0 saturated carbocycles. The minimum absolute atomic E-state index is 0.0524. The Balaban J connectivity index is 1.49. The predicted molar refractivity (Wildman–Crippen MR) is 104 cm³/mol. The molecule has 0 aliphatic carbocycles. The van der Waals surface area contributed by atoms with Crippen LogP contribution in [0.2, 0.25) is 10.0 Å². The average molecular weight is 398 g/mol. The highest BCUT2D eigenvalue weighted by Gasteiger charge is 2.26. The van der Waals surface area contributed by atoms with E-state index in [1.807, 2.05) is 4.90 Å². The number of carbonyl (C=O) groups is 2. The standard InChI is InChI=1S/C19H25Cl2N3O2/c20-15-6-5-14(16(21)10-15)9-18(25)24-8-2-3-13(12-24)11-23-19(26)17-4-1-7-22-17/h5-6,10,13,17,22H,1-4,7-9,11-12H2,(H,23,26). The first kappa shape index (κ1) is 19.5. The van der Waals surface area contributed by atoms with Gasteiger partial charge in [0.15, 0.2) is 0 Å². The van der Waals surface area contributed by atoms with Crippen molar-refractivity contribution in [3.63, 3.8) is 0 Å². The SMILES string of the molecule is O=C(NCC1CCCN(C(=O)Cc2ccc(Cl)cc2Cl)C1)C1CCCN1. The summed E-state index contributed by atoms with van der Waals surface area (Å²) in [4.78, 5) is 26.7. The van der Waals surface area contributed by atoms with E-state index in [0.717, 1.165) is 44.3 Å². The third-order valence-electron chi connectivity index (χ3n) is 5.17. The van der Waals surface area contributed by atoms with Gasteiger partial charge in [-0.3, -0.25) is 9.59 Å². The number of nitrogens with one attached hydrogen (secondary N) is 2. The van der Waals surface area contributed by atoms with E-state index in [9.17, 15) is 9.59 Å². The van der Waals surface area contributed by atoms with E-state index < -0.39 is 0 Å². The molecule has 2 saturated heterocycles. The van der Waals surface area contributed by atoms with E-state index >= 15 is 0 Å². The highest BCUT2D eigenvalue weighted by atomic mass is 35.5. The molecule has 2 N–H and O–H groups in total. The number of amides is 2. The molecule has 5 nitrogen and oxygen atoms in total. The van der Waals surface area contributed by atoms with E-state index in [2.05, 4.69) is 10.6 Å². The molecule has 2 heterocycles. The molecule has 2 aliphatic heterocycles. The van der Waals surface area contributed by atoms with E-state index in [1.165, 1.54) is 0 Å². The molecule has 2 atom stereocenters. The van der Waals surface area contributed by atoms with E-state index in [0.29, 0.717) is 29.1 Å². The summed E-state index contributed by atoms with van der Waals surface area (Å²) in [5, 5.41) is 7.34. The number of carbonyl (C=O) groups excluding carboxylic acids is 2. The molecule has 2 amide bonds. The van der Waals surface area contributed by atoms with Gasteiger partial charge in [-0.1, -0.05) is 29.3 Å². The van der Waals surface area contributed by atoms with E-state index in [-0.39, 0.29) is 24.3 Å². The summed E-state index contributed by atoms with van der Waals surface area (Å²) in [5.74, 6) is 0.459. The molecule has 0 bridgehead atoms. The highest BCUT2D eigenvalue weighted by molar-refractivity contribution is 6.35. The average Bonchev–Trinajstić information content (AvgIpc) is 3.17. The minimum atomic E-state index is -0.0524. The van der Waals surface area contributed by atoms with Gasteiger partial charge >= 0.3 is 0 Å². The summed E-state index contributed by atoms with van der Waals surface area (Å²) in [7, 11) is 0. The van der Waals surface area contributed by atoms with Crippen molar-refractivity contribution in [2.24, 2.45) is 5.92 Å². The zero-order chi connectivity index (χ0) is 18.5. The van der Waals surface area contributed by atoms with Crippen LogP contribution in [-0.2, 0) is 16.0 Å². The molecule has 2 aliphatic rings. The van der Waals surface area contributed by atoms with Crippen molar-refractivity contribution in [1.82, 2.24) is 15.5 Å². The quantitative estimate of drug-likeness (QED) is 0.802. The Morgan fingerprint density at radius 3 is 2.81 bits per heavy atom. The van der Waals surface area contributed by atoms with Crippen LogP contribution in [0.15, 0.2) is 18.2 Å². The highest BCUT2D eigenvalue weighted by Crippen LogP contribution is 2.23. The number of halogens is 2. The molecular weight excluding hydrogens is 373 g/mol. The molecule has 7 heteroatoms. The van der Waals surface area contributed by atoms with Gasteiger partial charge in [0.05, 0.1) is 12.5 Å². The summed E-state index contributed by atoms with van der Waals surface area (Å²) >= 11 is 12.1. The molecular formula is C19H25Cl2N3O2. The third kappa shape index (κ3) is 5.12. The lowest BCUT2D eigenvalue weighted by molar-refractivity contribution is -0.132. The van der Waals surface area contributed by atoms with Crippen LogP contribution >= 0.6 is 23.2 Å². The van der Waals surface area contributed by atoms with Crippen LogP contribution in [0, 0.1) is 5.92 Å². The predicted octanol–water partition coefficient (Wildman–Crippen LogP) is 2.64. The van der Waals surface area contributed by atoms with Crippen LogP contribution in [0.5, 0.6) is 0 Å². The molecule has 0 aromatic heterocycles. The summed E-state index contributed by atoms with van der Waals surface area (Å²) in [5.41, 5.74) is 0.795. The Hall–Kier alpha value is -1.30. The molecule has 2 fully saturated rings. The Labute approximate surface area is 164 Å². The van der Waals surface area contributed by atoms with Crippen molar-refractivity contribution >= 4 is 35.0 Å². The van der Waals surface area contributed by atoms with Crippen molar-refractivity contribution in [2.75, 3.05) is 26.2 Å². The number of piperidine rings is 1. The number of likely N-dealkylation sites (tertiary alicyclic amines) is 1. The van der Waals surface area contributed by atoms with E-state index in [4.69, 9.17) is 23.2 Å². The number of hydrogen-bond acceptors (Lipinski definition) is 3. The molecule has 1 aromatic rings. The zero-order valence-corrected chi connectivity index (χ0v) is 16.3. The Morgan fingerprint density at radius 1 is 1.23 bits per heavy atom. The first-order valence-corrected chi connectivity index (χ1v) is 10.0. The molecule has 1 aromatic carbocycles. The summed E-state index contributed by atoms with van der Waals surface area (Å²) < 4.78 is 0. The van der Waals surface area contributed by atoms with Crippen LogP contribution < -0.4 is 10.6 Å². The van der Waals surface area contributed by atoms with Gasteiger partial charge in [-0.05, 0) is 55.8 Å². The summed E-state index contributed by atoms with van der Waals surface area (Å²) in [6.07, 6.45) is 4.23. The van der Waals surface area contributed by atoms with Crippen LogP contribution in [0.3, 0.4) is 0 Å². The van der Waals surface area contributed by atoms with Gasteiger partial charge in [0.2, 0.25) is 11.8 Å². The first-order valence-electron chi connectivity index (χ1n) is 9.25. The van der Waals surface area contributed by atoms with Gasteiger partial charge in [0.25, 0.3) is 0 Å². The molecule has 0 spiro atoms. The largest absolute Gasteiger partial charge is 0.354 e. The van der Waals surface area contributed by atoms with Gasteiger partial charge < -0.3 is 15.5 Å². The summed E-state index contributed by atoms with van der Waals surface area (Å²) in [6.45, 7) is 2.99. The lowest BCUT2D eigenvalue weighted by atomic mass is 9.97. The number of rotatable bonds is 5. The zero-order valence-electron chi connectivity index (χ0n) is 14.8. The van der Waals surface area contributed by atoms with Gasteiger partial charge in [0, 0.05) is 29.7 Å². The maximum Gasteiger partial charge on any atom is 0.237 e. The van der Waals surface area contributed by atoms with Crippen molar-refractivity contribution in [2.45, 2.75) is 38.1 Å². The summed E-state index contributed by atoms with van der Waals surface area (Å²) in [6, 6.07) is 5.17. The van der Waals surface area contributed by atoms with Crippen molar-refractivity contribution in [1.29, 1.82) is 0 Å². The van der Waals surface area contributed by atoms with Crippen LogP contribution in [0.1, 0.15) is 31.2 Å². The van der Waals surface area contributed by atoms with Gasteiger partial charge in [-0.25, -0.2) is 0 Å². The van der Waals surface area contributed by atoms with Crippen molar-refractivity contribution in [3.05, 3.63) is 33.8 Å².